The van der Waals surface area contributed by atoms with Crippen molar-refractivity contribution in [3.05, 3.63) is 0 Å². The topological polar surface area (TPSA) is 50.8 Å². The molecule has 1 N–H and O–H groups in total. The first-order chi connectivity index (χ1) is 10.3. The van der Waals surface area contributed by atoms with Crippen LogP contribution in [0.1, 0.15) is 59.8 Å². The molecule has 2 aliphatic rings. The number of carbonyl (C=O) groups is 1. The predicted molar refractivity (Wildman–Crippen MR) is 87.0 cm³/mol. The van der Waals surface area contributed by atoms with Crippen LogP contribution in [0, 0.1) is 0 Å². The smallest absolute Gasteiger partial charge is 0.410 e. The van der Waals surface area contributed by atoms with E-state index in [-0.39, 0.29) is 12.1 Å². The molecular weight excluding hydrogens is 280 g/mol. The zero-order chi connectivity index (χ0) is 16.2. The minimum Gasteiger partial charge on any atom is -0.444 e. The van der Waals surface area contributed by atoms with Crippen LogP contribution in [-0.4, -0.2) is 54.5 Å². The fourth-order valence-electron chi connectivity index (χ4n) is 3.35. The van der Waals surface area contributed by atoms with Gasteiger partial charge in [0.05, 0.1) is 6.61 Å². The van der Waals surface area contributed by atoms with Gasteiger partial charge in [-0.05, 0) is 59.8 Å². The largest absolute Gasteiger partial charge is 0.444 e. The van der Waals surface area contributed by atoms with Crippen LogP contribution in [0.25, 0.3) is 0 Å². The Labute approximate surface area is 134 Å². The van der Waals surface area contributed by atoms with E-state index in [1.807, 2.05) is 25.7 Å². The minimum absolute atomic E-state index is 0.159. The summed E-state index contributed by atoms with van der Waals surface area (Å²) in [7, 11) is 0. The predicted octanol–water partition coefficient (Wildman–Crippen LogP) is 2.93. The number of piperidine rings is 1. The molecule has 128 valence electrons. The number of hydrogen-bond acceptors (Lipinski definition) is 4. The molecule has 0 aromatic carbocycles. The lowest BCUT2D eigenvalue weighted by Crippen LogP contribution is -2.49. The molecule has 5 heteroatoms. The highest BCUT2D eigenvalue weighted by Gasteiger charge is 2.31. The zero-order valence-corrected chi connectivity index (χ0v) is 14.6. The number of nitrogens with zero attached hydrogens (tertiary/aromatic N) is 1. The first kappa shape index (κ1) is 17.5. The summed E-state index contributed by atoms with van der Waals surface area (Å²) in [5.74, 6) is 0. The van der Waals surface area contributed by atoms with E-state index in [2.05, 4.69) is 12.2 Å². The van der Waals surface area contributed by atoms with Gasteiger partial charge in [-0.2, -0.15) is 0 Å². The average molecular weight is 312 g/mol. The van der Waals surface area contributed by atoms with Crippen LogP contribution in [0.4, 0.5) is 4.79 Å². The van der Waals surface area contributed by atoms with Crippen molar-refractivity contribution in [3.63, 3.8) is 0 Å². The Hall–Kier alpha value is -0.810. The highest BCUT2D eigenvalue weighted by molar-refractivity contribution is 5.68. The second-order valence-corrected chi connectivity index (χ2v) is 7.69. The molecule has 2 aliphatic heterocycles. The number of nitrogens with one attached hydrogen (secondary N) is 1. The molecule has 0 aromatic heterocycles. The Morgan fingerprint density at radius 3 is 2.77 bits per heavy atom. The second kappa shape index (κ2) is 7.64. The van der Waals surface area contributed by atoms with Crippen molar-refractivity contribution < 1.29 is 14.3 Å². The van der Waals surface area contributed by atoms with E-state index >= 15 is 0 Å². The molecule has 0 bridgehead atoms. The number of likely N-dealkylation sites (tertiary alicyclic amines) is 1. The maximum Gasteiger partial charge on any atom is 0.410 e. The standard InChI is InChI=1S/C17H32N2O3/c1-13(18-14-8-10-21-12-14)11-15-7-5-6-9-19(15)16(20)22-17(2,3)4/h13-15,18H,5-12H2,1-4H3. The molecule has 2 fully saturated rings. The highest BCUT2D eigenvalue weighted by atomic mass is 16.6. The number of carbonyl (C=O) groups excluding carboxylic acids is 1. The Balaban J connectivity index is 1.86. The van der Waals surface area contributed by atoms with E-state index in [1.54, 1.807) is 0 Å². The van der Waals surface area contributed by atoms with Crippen LogP contribution in [0.3, 0.4) is 0 Å². The normalized spacial score (nSPS) is 27.7. The van der Waals surface area contributed by atoms with Crippen molar-refractivity contribution in [1.82, 2.24) is 10.2 Å². The molecule has 0 saturated carbocycles. The van der Waals surface area contributed by atoms with Crippen LogP contribution >= 0.6 is 0 Å². The molecule has 22 heavy (non-hydrogen) atoms. The third-order valence-electron chi connectivity index (χ3n) is 4.33. The Morgan fingerprint density at radius 1 is 1.36 bits per heavy atom. The quantitative estimate of drug-likeness (QED) is 0.867. The zero-order valence-electron chi connectivity index (χ0n) is 14.6. The Kier molecular flexibility index (Phi) is 6.09. The lowest BCUT2D eigenvalue weighted by atomic mass is 9.96. The molecule has 5 nitrogen and oxygen atoms in total. The molecule has 0 aliphatic carbocycles. The van der Waals surface area contributed by atoms with Crippen molar-refractivity contribution in [1.29, 1.82) is 0 Å². The first-order valence-corrected chi connectivity index (χ1v) is 8.68. The molecule has 2 rings (SSSR count). The van der Waals surface area contributed by atoms with Gasteiger partial charge in [0.25, 0.3) is 0 Å². The lowest BCUT2D eigenvalue weighted by molar-refractivity contribution is 0.00776. The summed E-state index contributed by atoms with van der Waals surface area (Å²) in [6.45, 7) is 10.5. The van der Waals surface area contributed by atoms with Crippen molar-refractivity contribution in [3.8, 4) is 0 Å². The maximum atomic E-state index is 12.4. The summed E-state index contributed by atoms with van der Waals surface area (Å²) >= 11 is 0. The van der Waals surface area contributed by atoms with Gasteiger partial charge in [0, 0.05) is 31.3 Å². The number of amides is 1. The van der Waals surface area contributed by atoms with Crippen LogP contribution in [0.5, 0.6) is 0 Å². The van der Waals surface area contributed by atoms with Crippen molar-refractivity contribution in [2.24, 2.45) is 0 Å². The average Bonchev–Trinajstić information content (AvgIpc) is 2.90. The third kappa shape index (κ3) is 5.43. The van der Waals surface area contributed by atoms with Gasteiger partial charge >= 0.3 is 6.09 Å². The van der Waals surface area contributed by atoms with E-state index < -0.39 is 5.60 Å². The molecule has 1 amide bonds. The van der Waals surface area contributed by atoms with E-state index in [9.17, 15) is 4.79 Å². The van der Waals surface area contributed by atoms with Crippen LogP contribution in [0.15, 0.2) is 0 Å². The summed E-state index contributed by atoms with van der Waals surface area (Å²) < 4.78 is 11.0. The molecule has 2 heterocycles. The molecule has 3 atom stereocenters. The van der Waals surface area contributed by atoms with Crippen molar-refractivity contribution in [2.45, 2.75) is 83.5 Å². The number of rotatable bonds is 4. The Bertz CT molecular complexity index is 361. The summed E-state index contributed by atoms with van der Waals surface area (Å²) in [4.78, 5) is 14.4. The van der Waals surface area contributed by atoms with Crippen molar-refractivity contribution >= 4 is 6.09 Å². The maximum absolute atomic E-state index is 12.4. The van der Waals surface area contributed by atoms with Crippen LogP contribution < -0.4 is 5.32 Å². The first-order valence-electron chi connectivity index (χ1n) is 8.68. The van der Waals surface area contributed by atoms with Gasteiger partial charge in [-0.3, -0.25) is 0 Å². The number of ether oxygens (including phenoxy) is 2. The third-order valence-corrected chi connectivity index (χ3v) is 4.33. The fraction of sp³-hybridized carbons (Fsp3) is 0.941. The highest BCUT2D eigenvalue weighted by Crippen LogP contribution is 2.23. The summed E-state index contributed by atoms with van der Waals surface area (Å²) in [5.41, 5.74) is -0.426. The monoisotopic (exact) mass is 312 g/mol. The minimum atomic E-state index is -0.426. The van der Waals surface area contributed by atoms with E-state index in [1.165, 1.54) is 6.42 Å². The van der Waals surface area contributed by atoms with Crippen LogP contribution in [-0.2, 0) is 9.47 Å². The SMILES string of the molecule is CC(CC1CCCCN1C(=O)OC(C)(C)C)NC1CCOC1. The van der Waals surface area contributed by atoms with E-state index in [4.69, 9.17) is 9.47 Å². The van der Waals surface area contributed by atoms with E-state index in [0.29, 0.717) is 12.1 Å². The second-order valence-electron chi connectivity index (χ2n) is 7.69. The van der Waals surface area contributed by atoms with Gasteiger partial charge in [-0.1, -0.05) is 0 Å². The van der Waals surface area contributed by atoms with Gasteiger partial charge in [0.2, 0.25) is 0 Å². The summed E-state index contributed by atoms with van der Waals surface area (Å²) in [6, 6.07) is 1.14. The van der Waals surface area contributed by atoms with E-state index in [0.717, 1.165) is 45.4 Å². The van der Waals surface area contributed by atoms with Gasteiger partial charge in [-0.15, -0.1) is 0 Å². The van der Waals surface area contributed by atoms with Crippen LogP contribution in [0.2, 0.25) is 0 Å². The van der Waals surface area contributed by atoms with Gasteiger partial charge in [-0.25, -0.2) is 4.79 Å². The van der Waals surface area contributed by atoms with Gasteiger partial charge in [0.15, 0.2) is 0 Å². The summed E-state index contributed by atoms with van der Waals surface area (Å²) in [6.07, 6.45) is 5.26. The molecule has 3 unspecified atom stereocenters. The molecule has 0 radical (unpaired) electrons. The fourth-order valence-corrected chi connectivity index (χ4v) is 3.35. The molecule has 0 spiro atoms. The lowest BCUT2D eigenvalue weighted by Gasteiger charge is -2.38. The molecule has 2 saturated heterocycles. The summed E-state index contributed by atoms with van der Waals surface area (Å²) in [5, 5.41) is 3.63. The van der Waals surface area contributed by atoms with Gasteiger partial charge in [0.1, 0.15) is 5.60 Å². The molecular formula is C17H32N2O3. The Morgan fingerprint density at radius 2 is 2.14 bits per heavy atom. The van der Waals surface area contributed by atoms with Crippen molar-refractivity contribution in [2.75, 3.05) is 19.8 Å². The number of hydrogen-bond donors (Lipinski definition) is 1. The van der Waals surface area contributed by atoms with Gasteiger partial charge < -0.3 is 19.7 Å². The molecule has 0 aromatic rings.